The Morgan fingerprint density at radius 2 is 2.07 bits per heavy atom. The molecule has 7 nitrogen and oxygen atoms in total. The van der Waals surface area contributed by atoms with Crippen LogP contribution in [0, 0.1) is 5.92 Å². The average molecular weight is 391 g/mol. The molecule has 2 heterocycles. The van der Waals surface area contributed by atoms with E-state index < -0.39 is 6.10 Å². The second kappa shape index (κ2) is 7.48. The summed E-state index contributed by atoms with van der Waals surface area (Å²) in [5.74, 6) is 1.51. The maximum Gasteiger partial charge on any atom is 0.272 e. The molecule has 1 aromatic carbocycles. The van der Waals surface area contributed by atoms with E-state index >= 15 is 0 Å². The van der Waals surface area contributed by atoms with Crippen LogP contribution in [-0.2, 0) is 6.54 Å². The van der Waals surface area contributed by atoms with Crippen molar-refractivity contribution in [2.24, 2.45) is 5.92 Å². The van der Waals surface area contributed by atoms with Crippen molar-refractivity contribution in [1.82, 2.24) is 25.1 Å². The Labute approximate surface area is 169 Å². The molecule has 0 spiro atoms. The molecule has 0 radical (unpaired) electrons. The van der Waals surface area contributed by atoms with Crippen molar-refractivity contribution in [3.63, 3.8) is 0 Å². The standard InChI is InChI=1S/C22H25N5O2/c28-20-11-14(13-27-9-8-23-21(27)16-4-2-1-3-5-16)10-18(20)24-22(29)19-12-17(25-26-19)15-6-7-15/h1-5,8-9,12,14-15,18,20,28H,6-7,10-11,13H2,(H,24,29)(H,25,26)/t14?,18-,20-/m1/s1. The van der Waals surface area contributed by atoms with E-state index in [4.69, 9.17) is 0 Å². The summed E-state index contributed by atoms with van der Waals surface area (Å²) in [7, 11) is 0. The van der Waals surface area contributed by atoms with Gasteiger partial charge in [-0.3, -0.25) is 9.89 Å². The van der Waals surface area contributed by atoms with Crippen molar-refractivity contribution in [2.75, 3.05) is 0 Å². The summed E-state index contributed by atoms with van der Waals surface area (Å²) in [6, 6.07) is 11.7. The molecule has 29 heavy (non-hydrogen) atoms. The van der Waals surface area contributed by atoms with Crippen LogP contribution in [0.25, 0.3) is 11.4 Å². The van der Waals surface area contributed by atoms with E-state index in [2.05, 4.69) is 25.1 Å². The van der Waals surface area contributed by atoms with Crippen molar-refractivity contribution < 1.29 is 9.90 Å². The molecule has 2 aromatic heterocycles. The Morgan fingerprint density at radius 3 is 2.86 bits per heavy atom. The van der Waals surface area contributed by atoms with Gasteiger partial charge in [-0.2, -0.15) is 5.10 Å². The number of nitrogens with zero attached hydrogens (tertiary/aromatic N) is 3. The summed E-state index contributed by atoms with van der Waals surface area (Å²) >= 11 is 0. The van der Waals surface area contributed by atoms with Gasteiger partial charge in [-0.25, -0.2) is 4.98 Å². The van der Waals surface area contributed by atoms with Crippen molar-refractivity contribution in [3.8, 4) is 11.4 Å². The van der Waals surface area contributed by atoms with Crippen LogP contribution < -0.4 is 5.32 Å². The Hall–Kier alpha value is -2.93. The number of carbonyl (C=O) groups is 1. The minimum Gasteiger partial charge on any atom is -0.391 e. The number of aromatic nitrogens is 4. The van der Waals surface area contributed by atoms with Crippen LogP contribution in [0.4, 0.5) is 0 Å². The SMILES string of the molecule is O=C(N[C@@H]1CC(Cn2ccnc2-c2ccccc2)C[C@H]1O)c1cc(C2CC2)[nH]n1. The summed E-state index contributed by atoms with van der Waals surface area (Å²) in [6.45, 7) is 0.766. The van der Waals surface area contributed by atoms with Gasteiger partial charge in [-0.15, -0.1) is 0 Å². The number of aromatic amines is 1. The maximum atomic E-state index is 12.5. The van der Waals surface area contributed by atoms with Gasteiger partial charge in [0.1, 0.15) is 11.5 Å². The molecule has 1 unspecified atom stereocenters. The van der Waals surface area contributed by atoms with Crippen molar-refractivity contribution in [3.05, 3.63) is 60.2 Å². The van der Waals surface area contributed by atoms with Crippen LogP contribution in [0.2, 0.25) is 0 Å². The van der Waals surface area contributed by atoms with Gasteiger partial charge in [-0.1, -0.05) is 30.3 Å². The third kappa shape index (κ3) is 3.82. The van der Waals surface area contributed by atoms with Crippen LogP contribution >= 0.6 is 0 Å². The van der Waals surface area contributed by atoms with Crippen LogP contribution in [0.5, 0.6) is 0 Å². The molecule has 0 saturated heterocycles. The molecule has 0 aliphatic heterocycles. The van der Waals surface area contributed by atoms with Crippen molar-refractivity contribution in [2.45, 2.75) is 50.3 Å². The minimum atomic E-state index is -0.547. The van der Waals surface area contributed by atoms with Crippen LogP contribution in [0.15, 0.2) is 48.8 Å². The molecule has 2 aliphatic rings. The number of amides is 1. The van der Waals surface area contributed by atoms with E-state index in [1.807, 2.05) is 48.8 Å². The fourth-order valence-electron chi connectivity index (χ4n) is 4.30. The lowest BCUT2D eigenvalue weighted by atomic mass is 10.1. The summed E-state index contributed by atoms with van der Waals surface area (Å²) < 4.78 is 2.13. The van der Waals surface area contributed by atoms with E-state index in [9.17, 15) is 9.90 Å². The highest BCUT2D eigenvalue weighted by atomic mass is 16.3. The topological polar surface area (TPSA) is 95.8 Å². The Bertz CT molecular complexity index is 992. The van der Waals surface area contributed by atoms with Crippen molar-refractivity contribution in [1.29, 1.82) is 0 Å². The van der Waals surface area contributed by atoms with Crippen LogP contribution in [0.3, 0.4) is 0 Å². The summed E-state index contributed by atoms with van der Waals surface area (Å²) in [5.41, 5.74) is 2.52. The fraction of sp³-hybridized carbons (Fsp3) is 0.409. The molecule has 3 N–H and O–H groups in total. The summed E-state index contributed by atoms with van der Waals surface area (Å²) in [6.07, 6.45) is 6.95. The molecule has 1 amide bonds. The first kappa shape index (κ1) is 18.1. The number of benzene rings is 1. The zero-order valence-electron chi connectivity index (χ0n) is 16.2. The molecule has 150 valence electrons. The maximum absolute atomic E-state index is 12.5. The molecule has 0 bridgehead atoms. The zero-order valence-corrected chi connectivity index (χ0v) is 16.2. The third-order valence-electron chi connectivity index (χ3n) is 5.99. The van der Waals surface area contributed by atoms with E-state index in [1.165, 1.54) is 0 Å². The van der Waals surface area contributed by atoms with Crippen LogP contribution in [-0.4, -0.2) is 42.9 Å². The van der Waals surface area contributed by atoms with Gasteiger partial charge in [-0.05, 0) is 37.7 Å². The van der Waals surface area contributed by atoms with Gasteiger partial charge < -0.3 is 15.0 Å². The molecular weight excluding hydrogens is 366 g/mol. The fourth-order valence-corrected chi connectivity index (χ4v) is 4.30. The molecule has 3 aromatic rings. The lowest BCUT2D eigenvalue weighted by Crippen LogP contribution is -2.40. The number of aliphatic hydroxyl groups is 1. The number of hydrogen-bond acceptors (Lipinski definition) is 4. The zero-order chi connectivity index (χ0) is 19.8. The molecule has 3 atom stereocenters. The first-order valence-corrected chi connectivity index (χ1v) is 10.3. The Kier molecular flexibility index (Phi) is 4.67. The molecule has 2 aliphatic carbocycles. The minimum absolute atomic E-state index is 0.217. The van der Waals surface area contributed by atoms with E-state index in [-0.39, 0.29) is 17.9 Å². The number of hydrogen-bond donors (Lipinski definition) is 3. The third-order valence-corrected chi connectivity index (χ3v) is 5.99. The second-order valence-electron chi connectivity index (χ2n) is 8.24. The Balaban J connectivity index is 1.22. The highest BCUT2D eigenvalue weighted by Crippen LogP contribution is 2.39. The van der Waals surface area contributed by atoms with Gasteiger partial charge in [0.05, 0.1) is 12.1 Å². The number of rotatable bonds is 6. The smallest absolute Gasteiger partial charge is 0.272 e. The largest absolute Gasteiger partial charge is 0.391 e. The molecule has 2 fully saturated rings. The quantitative estimate of drug-likeness (QED) is 0.602. The van der Waals surface area contributed by atoms with E-state index in [0.29, 0.717) is 18.0 Å². The Morgan fingerprint density at radius 1 is 1.24 bits per heavy atom. The monoisotopic (exact) mass is 391 g/mol. The first-order chi connectivity index (χ1) is 14.2. The first-order valence-electron chi connectivity index (χ1n) is 10.3. The van der Waals surface area contributed by atoms with Crippen LogP contribution in [0.1, 0.15) is 47.8 Å². The number of H-pyrrole nitrogens is 1. The lowest BCUT2D eigenvalue weighted by Gasteiger charge is -2.16. The summed E-state index contributed by atoms with van der Waals surface area (Å²) in [4.78, 5) is 17.0. The highest BCUT2D eigenvalue weighted by molar-refractivity contribution is 5.92. The molecule has 5 rings (SSSR count). The predicted octanol–water partition coefficient (Wildman–Crippen LogP) is 2.72. The predicted molar refractivity (Wildman–Crippen MR) is 108 cm³/mol. The molecule has 2 saturated carbocycles. The lowest BCUT2D eigenvalue weighted by molar-refractivity contribution is 0.0868. The second-order valence-corrected chi connectivity index (χ2v) is 8.24. The van der Waals surface area contributed by atoms with E-state index in [1.54, 1.807) is 0 Å². The van der Waals surface area contributed by atoms with Gasteiger partial charge >= 0.3 is 0 Å². The number of aliphatic hydroxyl groups excluding tert-OH is 1. The number of carbonyl (C=O) groups excluding carboxylic acids is 1. The molecule has 7 heteroatoms. The average Bonchev–Trinajstić information content (AvgIpc) is 3.13. The van der Waals surface area contributed by atoms with Gasteiger partial charge in [0.2, 0.25) is 0 Å². The number of nitrogens with one attached hydrogen (secondary N) is 2. The highest BCUT2D eigenvalue weighted by Gasteiger charge is 2.35. The summed E-state index contributed by atoms with van der Waals surface area (Å²) in [5, 5.41) is 20.6. The van der Waals surface area contributed by atoms with Gasteiger partial charge in [0.25, 0.3) is 5.91 Å². The normalized spacial score (nSPS) is 24.0. The van der Waals surface area contributed by atoms with E-state index in [0.717, 1.165) is 42.9 Å². The number of imidazole rings is 1. The van der Waals surface area contributed by atoms with Gasteiger partial charge in [0.15, 0.2) is 0 Å². The van der Waals surface area contributed by atoms with Crippen molar-refractivity contribution >= 4 is 5.91 Å². The van der Waals surface area contributed by atoms with Gasteiger partial charge in [0, 0.05) is 36.1 Å². The molecular formula is C22H25N5O2.